The summed E-state index contributed by atoms with van der Waals surface area (Å²) >= 11 is 0. The van der Waals surface area contributed by atoms with Crippen molar-refractivity contribution in [1.82, 2.24) is 0 Å². The minimum atomic E-state index is -1.57. The van der Waals surface area contributed by atoms with E-state index in [0.717, 1.165) is 0 Å². The van der Waals surface area contributed by atoms with Crippen LogP contribution in [0.4, 0.5) is 0 Å². The first-order valence-electron chi connectivity index (χ1n) is 7.74. The van der Waals surface area contributed by atoms with Gasteiger partial charge in [-0.05, 0) is 10.1 Å². The van der Waals surface area contributed by atoms with Crippen LogP contribution in [0.25, 0.3) is 0 Å². The average molecular weight is 303 g/mol. The highest BCUT2D eigenvalue weighted by Gasteiger charge is 2.50. The number of fused-ring (bicyclic) bond motifs is 1. The van der Waals surface area contributed by atoms with Crippen LogP contribution >= 0.6 is 0 Å². The van der Waals surface area contributed by atoms with Crippen LogP contribution in [-0.4, -0.2) is 16.1 Å². The summed E-state index contributed by atoms with van der Waals surface area (Å²) in [6.45, 7) is 19.6. The largest absolute Gasteiger partial charge is 0.111 e. The predicted molar refractivity (Wildman–Crippen MR) is 97.5 cm³/mol. The summed E-state index contributed by atoms with van der Waals surface area (Å²) in [5.41, 5.74) is 5.32. The van der Waals surface area contributed by atoms with Gasteiger partial charge in [-0.15, -0.1) is 0 Å². The van der Waals surface area contributed by atoms with Gasteiger partial charge >= 0.3 is 0 Å². The van der Waals surface area contributed by atoms with Gasteiger partial charge in [-0.2, -0.15) is 0 Å². The van der Waals surface area contributed by atoms with Crippen LogP contribution in [0.5, 0.6) is 0 Å². The Morgan fingerprint density at radius 1 is 0.650 bits per heavy atom. The van der Waals surface area contributed by atoms with Crippen molar-refractivity contribution < 1.29 is 0 Å². The van der Waals surface area contributed by atoms with E-state index in [9.17, 15) is 0 Å². The molecule has 0 N–H and O–H groups in total. The van der Waals surface area contributed by atoms with Crippen LogP contribution in [0.3, 0.4) is 0 Å². The molecule has 0 bridgehead atoms. The topological polar surface area (TPSA) is 0 Å². The average Bonchev–Trinajstić information content (AvgIpc) is 2.32. The highest BCUT2D eigenvalue weighted by atomic mass is 28.3. The lowest BCUT2D eigenvalue weighted by molar-refractivity contribution is 0.727. The molecule has 0 unspecified atom stereocenters. The molecule has 0 aliphatic carbocycles. The van der Waals surface area contributed by atoms with E-state index in [1.165, 1.54) is 0 Å². The Balaban J connectivity index is 2.76. The summed E-state index contributed by atoms with van der Waals surface area (Å²) in [4.78, 5) is 0. The smallest absolute Gasteiger partial charge is 0.0972 e. The number of hydrogen-bond donors (Lipinski definition) is 0. The zero-order chi connectivity index (χ0) is 15.4. The van der Waals surface area contributed by atoms with Crippen molar-refractivity contribution in [3.8, 4) is 0 Å². The normalized spacial score (nSPS) is 30.2. The monoisotopic (exact) mass is 302 g/mol. The Morgan fingerprint density at radius 3 is 1.20 bits per heavy atom. The fourth-order valence-corrected chi connectivity index (χ4v) is 12.6. The molecule has 0 nitrogen and oxygen atoms in total. The molecule has 1 aliphatic heterocycles. The van der Waals surface area contributed by atoms with Crippen LogP contribution in [0.2, 0.25) is 23.2 Å². The van der Waals surface area contributed by atoms with Crippen LogP contribution in [0.15, 0.2) is 35.7 Å². The zero-order valence-electron chi connectivity index (χ0n) is 14.5. The molecular weight excluding hydrogens is 272 g/mol. The molecular formula is C18H30Si2. The van der Waals surface area contributed by atoms with Gasteiger partial charge in [0.2, 0.25) is 0 Å². The van der Waals surface area contributed by atoms with E-state index < -0.39 is 16.1 Å². The maximum atomic E-state index is 2.66. The summed E-state index contributed by atoms with van der Waals surface area (Å²) in [6, 6.07) is 9.33. The van der Waals surface area contributed by atoms with Gasteiger partial charge in [0.05, 0.1) is 0 Å². The molecule has 2 atom stereocenters. The van der Waals surface area contributed by atoms with Crippen molar-refractivity contribution >= 4 is 26.5 Å². The Kier molecular flexibility index (Phi) is 3.50. The summed E-state index contributed by atoms with van der Waals surface area (Å²) in [5.74, 6) is 0. The molecule has 0 spiro atoms. The van der Waals surface area contributed by atoms with Crippen molar-refractivity contribution in [2.24, 2.45) is 0 Å². The minimum absolute atomic E-state index is 0.368. The van der Waals surface area contributed by atoms with E-state index in [4.69, 9.17) is 0 Å². The highest BCUT2D eigenvalue weighted by Crippen LogP contribution is 2.43. The molecule has 0 fully saturated rings. The summed E-state index contributed by atoms with van der Waals surface area (Å²) in [6.07, 6.45) is 0. The minimum Gasteiger partial charge on any atom is -0.0972 e. The zero-order valence-corrected chi connectivity index (χ0v) is 16.5. The second-order valence-electron chi connectivity index (χ2n) is 8.78. The van der Waals surface area contributed by atoms with Gasteiger partial charge in [-0.25, -0.2) is 0 Å². The number of benzene rings is 1. The number of rotatable bonds is 0. The lowest BCUT2D eigenvalue weighted by Crippen LogP contribution is -2.68. The van der Waals surface area contributed by atoms with Crippen molar-refractivity contribution in [1.29, 1.82) is 0 Å². The first kappa shape index (κ1) is 15.8. The van der Waals surface area contributed by atoms with E-state index in [1.54, 1.807) is 10.4 Å². The Morgan fingerprint density at radius 2 is 0.950 bits per heavy atom. The van der Waals surface area contributed by atoms with E-state index in [2.05, 4.69) is 90.3 Å². The molecule has 0 saturated carbocycles. The maximum absolute atomic E-state index is 2.66. The number of hydrogen-bond acceptors (Lipinski definition) is 0. The fraction of sp³-hybridized carbons (Fsp3) is 0.556. The molecule has 1 heterocycles. The molecule has 1 aromatic rings. The van der Waals surface area contributed by atoms with Crippen LogP contribution in [-0.2, 0) is 0 Å². The van der Waals surface area contributed by atoms with Gasteiger partial charge in [0.15, 0.2) is 0 Å². The molecule has 1 aromatic carbocycles. The molecule has 0 saturated heterocycles. The Labute approximate surface area is 127 Å². The van der Waals surface area contributed by atoms with E-state index >= 15 is 0 Å². The maximum Gasteiger partial charge on any atom is 0.111 e. The van der Waals surface area contributed by atoms with Crippen LogP contribution in [0.1, 0.15) is 41.5 Å². The molecule has 110 valence electrons. The third kappa shape index (κ3) is 2.08. The van der Waals surface area contributed by atoms with Crippen molar-refractivity contribution in [2.45, 2.75) is 64.7 Å². The van der Waals surface area contributed by atoms with Gasteiger partial charge in [0.25, 0.3) is 0 Å². The molecule has 2 heteroatoms. The Hall–Kier alpha value is -0.606. The predicted octanol–water partition coefficient (Wildman–Crippen LogP) is 4.51. The molecule has 20 heavy (non-hydrogen) atoms. The molecule has 1 aliphatic rings. The summed E-state index contributed by atoms with van der Waals surface area (Å²) < 4.78 is 0. The standard InChI is InChI=1S/C18H30Si2/c1-17(2,3)19(7)13-14-20(8,18(4,5)6)16-12-10-9-11-15(16)19/h9-14H,1-8H3/t19-,20+. The third-order valence-electron chi connectivity index (χ3n) is 5.91. The van der Waals surface area contributed by atoms with Crippen molar-refractivity contribution in [3.05, 3.63) is 35.7 Å². The SMILES string of the molecule is CC(C)(C)[Si@@]1(C)C=C[Si@@](C)(C(C)(C)C)c2ccccc21. The van der Waals surface area contributed by atoms with E-state index in [-0.39, 0.29) is 0 Å². The van der Waals surface area contributed by atoms with Crippen LogP contribution < -0.4 is 10.4 Å². The lowest BCUT2D eigenvalue weighted by atomic mass is 10.2. The van der Waals surface area contributed by atoms with Gasteiger partial charge in [-0.1, -0.05) is 101 Å². The summed E-state index contributed by atoms with van der Waals surface area (Å²) in [7, 11) is -3.14. The van der Waals surface area contributed by atoms with Crippen molar-refractivity contribution in [3.63, 3.8) is 0 Å². The van der Waals surface area contributed by atoms with Gasteiger partial charge < -0.3 is 0 Å². The molecule has 2 rings (SSSR count). The van der Waals surface area contributed by atoms with Gasteiger partial charge in [0, 0.05) is 0 Å². The highest BCUT2D eigenvalue weighted by molar-refractivity contribution is 7.09. The third-order valence-corrected chi connectivity index (χ3v) is 17.5. The first-order valence-corrected chi connectivity index (χ1v) is 12.9. The van der Waals surface area contributed by atoms with Gasteiger partial charge in [-0.3, -0.25) is 0 Å². The molecule has 0 aromatic heterocycles. The quantitative estimate of drug-likeness (QED) is 0.619. The van der Waals surface area contributed by atoms with E-state index in [0.29, 0.717) is 10.1 Å². The summed E-state index contributed by atoms with van der Waals surface area (Å²) in [5, 5.41) is 4.12. The first-order chi connectivity index (χ1) is 8.93. The molecule has 0 radical (unpaired) electrons. The van der Waals surface area contributed by atoms with Gasteiger partial charge in [0.1, 0.15) is 16.1 Å². The van der Waals surface area contributed by atoms with Crippen molar-refractivity contribution in [2.75, 3.05) is 0 Å². The van der Waals surface area contributed by atoms with E-state index in [1.807, 2.05) is 0 Å². The second kappa shape index (κ2) is 4.44. The lowest BCUT2D eigenvalue weighted by Gasteiger charge is -2.49. The second-order valence-corrected chi connectivity index (χ2v) is 18.3. The Bertz CT molecular complexity index is 496. The fourth-order valence-electron chi connectivity index (χ4n) is 3.21. The molecule has 0 amide bonds. The van der Waals surface area contributed by atoms with Crippen LogP contribution in [0, 0.1) is 0 Å².